The number of imidazole rings is 1. The Balaban J connectivity index is 2.48. The van der Waals surface area contributed by atoms with Crippen LogP contribution in [0.4, 0.5) is 0 Å². The number of aromatic nitrogens is 2. The van der Waals surface area contributed by atoms with Crippen LogP contribution < -0.4 is 4.40 Å². The summed E-state index contributed by atoms with van der Waals surface area (Å²) >= 11 is 6.38. The molecule has 0 spiro atoms. The Morgan fingerprint density at radius 2 is 2.16 bits per heavy atom. The number of fused-ring (bicyclic) bond motifs is 3. The van der Waals surface area contributed by atoms with Crippen LogP contribution >= 0.6 is 11.6 Å². The molecular weight excluding hydrogens is 258 g/mol. The number of nitriles is 1. The number of hydrogen-bond donors (Lipinski definition) is 1. The van der Waals surface area contributed by atoms with Gasteiger partial charge < -0.3 is 0 Å². The molecule has 2 heterocycles. The highest BCUT2D eigenvalue weighted by Crippen LogP contribution is 2.21. The number of aromatic amines is 1. The van der Waals surface area contributed by atoms with Crippen molar-refractivity contribution in [1.82, 2.24) is 4.98 Å². The molecule has 2 aromatic heterocycles. The van der Waals surface area contributed by atoms with Crippen molar-refractivity contribution < 1.29 is 4.40 Å². The second-order valence-corrected chi connectivity index (χ2v) is 4.94. The molecule has 3 rings (SSSR count). The summed E-state index contributed by atoms with van der Waals surface area (Å²) in [5.41, 5.74) is 4.43. The Labute approximate surface area is 116 Å². The van der Waals surface area contributed by atoms with Crippen molar-refractivity contribution in [1.29, 1.82) is 5.26 Å². The number of H-pyrrole nitrogens is 1. The quantitative estimate of drug-likeness (QED) is 0.563. The van der Waals surface area contributed by atoms with Gasteiger partial charge in [-0.05, 0) is 35.7 Å². The van der Waals surface area contributed by atoms with E-state index in [0.29, 0.717) is 10.7 Å². The summed E-state index contributed by atoms with van der Waals surface area (Å²) in [5.74, 6) is 0. The van der Waals surface area contributed by atoms with E-state index in [0.717, 1.165) is 35.1 Å². The Kier molecular flexibility index (Phi) is 2.88. The van der Waals surface area contributed by atoms with E-state index in [9.17, 15) is 5.26 Å². The van der Waals surface area contributed by atoms with Crippen LogP contribution in [0.1, 0.15) is 24.5 Å². The maximum atomic E-state index is 9.43. The first-order valence-corrected chi connectivity index (χ1v) is 6.68. The number of rotatable bonds is 2. The minimum atomic E-state index is 0.634. The smallest absolute Gasteiger partial charge is 0.235 e. The van der Waals surface area contributed by atoms with Crippen LogP contribution in [0.3, 0.4) is 0 Å². The fourth-order valence-electron chi connectivity index (χ4n) is 2.50. The van der Waals surface area contributed by atoms with Crippen LogP contribution in [-0.2, 0) is 6.42 Å². The largest absolute Gasteiger partial charge is 0.304 e. The van der Waals surface area contributed by atoms with Gasteiger partial charge >= 0.3 is 5.65 Å². The van der Waals surface area contributed by atoms with Gasteiger partial charge in [-0.15, -0.1) is 0 Å². The second kappa shape index (κ2) is 4.56. The Bertz CT molecular complexity index is 811. The number of aryl methyl sites for hydroxylation is 1. The average molecular weight is 271 g/mol. The summed E-state index contributed by atoms with van der Waals surface area (Å²) in [6.07, 6.45) is 1.84. The first-order valence-electron chi connectivity index (χ1n) is 6.30. The molecule has 0 saturated heterocycles. The molecule has 94 valence electrons. The summed E-state index contributed by atoms with van der Waals surface area (Å²) in [7, 11) is 0. The lowest BCUT2D eigenvalue weighted by atomic mass is 10.1. The summed E-state index contributed by atoms with van der Waals surface area (Å²) in [6.45, 7) is 2.09. The van der Waals surface area contributed by atoms with Gasteiger partial charge in [-0.2, -0.15) is 9.66 Å². The van der Waals surface area contributed by atoms with Gasteiger partial charge in [0.05, 0.1) is 0 Å². The molecule has 0 aliphatic heterocycles. The lowest BCUT2D eigenvalue weighted by Gasteiger charge is -2.01. The van der Waals surface area contributed by atoms with Gasteiger partial charge in [0.1, 0.15) is 11.6 Å². The first kappa shape index (κ1) is 12.0. The maximum absolute atomic E-state index is 9.43. The van der Waals surface area contributed by atoms with Gasteiger partial charge in [-0.3, -0.25) is 0 Å². The lowest BCUT2D eigenvalue weighted by Crippen LogP contribution is -2.23. The van der Waals surface area contributed by atoms with E-state index in [-0.39, 0.29) is 0 Å². The van der Waals surface area contributed by atoms with E-state index in [1.165, 1.54) is 0 Å². The van der Waals surface area contributed by atoms with Crippen molar-refractivity contribution in [2.24, 2.45) is 0 Å². The summed E-state index contributed by atoms with van der Waals surface area (Å²) in [4.78, 5) is 3.29. The lowest BCUT2D eigenvalue weighted by molar-refractivity contribution is -0.478. The summed E-state index contributed by atoms with van der Waals surface area (Å²) in [6, 6.07) is 12.1. The fourth-order valence-corrected chi connectivity index (χ4v) is 2.81. The molecule has 1 aromatic carbocycles. The Morgan fingerprint density at radius 3 is 2.89 bits per heavy atom. The van der Waals surface area contributed by atoms with Crippen LogP contribution in [0.5, 0.6) is 0 Å². The summed E-state index contributed by atoms with van der Waals surface area (Å²) < 4.78 is 1.90. The van der Waals surface area contributed by atoms with E-state index < -0.39 is 0 Å². The Hall–Kier alpha value is -2.05. The number of pyridine rings is 1. The van der Waals surface area contributed by atoms with Crippen molar-refractivity contribution in [3.63, 3.8) is 0 Å². The third-order valence-corrected chi connectivity index (χ3v) is 3.60. The van der Waals surface area contributed by atoms with Crippen LogP contribution in [0.2, 0.25) is 5.15 Å². The highest BCUT2D eigenvalue weighted by molar-refractivity contribution is 6.28. The van der Waals surface area contributed by atoms with Gasteiger partial charge in [-0.25, -0.2) is 4.98 Å². The first-order chi connectivity index (χ1) is 9.26. The number of benzene rings is 1. The maximum Gasteiger partial charge on any atom is 0.304 e. The molecule has 0 atom stereocenters. The van der Waals surface area contributed by atoms with Crippen LogP contribution in [-0.4, -0.2) is 4.98 Å². The zero-order chi connectivity index (χ0) is 13.4. The van der Waals surface area contributed by atoms with E-state index in [1.807, 2.05) is 34.7 Å². The van der Waals surface area contributed by atoms with Crippen molar-refractivity contribution in [3.05, 3.63) is 46.6 Å². The SMILES string of the molecule is CCCc1cc(Cl)[n+]2c([nH]c3ccccc32)c1C#N. The molecule has 0 saturated carbocycles. The van der Waals surface area contributed by atoms with Gasteiger partial charge in [0.2, 0.25) is 5.15 Å². The van der Waals surface area contributed by atoms with Crippen molar-refractivity contribution in [2.75, 3.05) is 0 Å². The molecule has 0 unspecified atom stereocenters. The van der Waals surface area contributed by atoms with Crippen LogP contribution in [0, 0.1) is 11.3 Å². The standard InChI is InChI=1S/C15H12ClN3/c1-2-5-10-8-14(16)19-13-7-4-3-6-12(13)18-15(19)11(10)9-17/h3-4,6-8H,2,5H2,1H3/p+1. The zero-order valence-corrected chi connectivity index (χ0v) is 11.3. The minimum Gasteiger partial charge on any atom is -0.235 e. The van der Waals surface area contributed by atoms with E-state index in [4.69, 9.17) is 11.6 Å². The molecule has 0 fully saturated rings. The molecule has 0 amide bonds. The van der Waals surface area contributed by atoms with E-state index in [1.54, 1.807) is 0 Å². The molecule has 1 N–H and O–H groups in total. The number of nitrogens with zero attached hydrogens (tertiary/aromatic N) is 2. The molecule has 3 nitrogen and oxygen atoms in total. The van der Waals surface area contributed by atoms with Crippen LogP contribution in [0.25, 0.3) is 16.7 Å². The van der Waals surface area contributed by atoms with E-state index >= 15 is 0 Å². The van der Waals surface area contributed by atoms with Gasteiger partial charge in [0, 0.05) is 6.07 Å². The zero-order valence-electron chi connectivity index (χ0n) is 10.6. The molecule has 3 aromatic rings. The summed E-state index contributed by atoms with van der Waals surface area (Å²) in [5, 5.41) is 10.1. The highest BCUT2D eigenvalue weighted by Gasteiger charge is 2.21. The third kappa shape index (κ3) is 1.76. The molecule has 4 heteroatoms. The number of nitrogens with one attached hydrogen (secondary N) is 1. The number of hydrogen-bond acceptors (Lipinski definition) is 1. The fraction of sp³-hybridized carbons (Fsp3) is 0.200. The monoisotopic (exact) mass is 270 g/mol. The number of halogens is 1. The average Bonchev–Trinajstić information content (AvgIpc) is 2.79. The molecule has 0 aliphatic carbocycles. The van der Waals surface area contributed by atoms with Crippen molar-refractivity contribution in [2.45, 2.75) is 19.8 Å². The van der Waals surface area contributed by atoms with Gasteiger partial charge in [0.25, 0.3) is 0 Å². The molecule has 0 bridgehead atoms. The minimum absolute atomic E-state index is 0.634. The van der Waals surface area contributed by atoms with Crippen LogP contribution in [0.15, 0.2) is 30.3 Å². The molecule has 0 aliphatic rings. The topological polar surface area (TPSA) is 43.7 Å². The molecular formula is C15H13ClN3+. The molecule has 19 heavy (non-hydrogen) atoms. The van der Waals surface area contributed by atoms with E-state index in [2.05, 4.69) is 18.0 Å². The predicted octanol–water partition coefficient (Wildman–Crippen LogP) is 3.38. The normalized spacial score (nSPS) is 11.0. The highest BCUT2D eigenvalue weighted by atomic mass is 35.5. The Morgan fingerprint density at radius 1 is 1.37 bits per heavy atom. The predicted molar refractivity (Wildman–Crippen MR) is 75.2 cm³/mol. The van der Waals surface area contributed by atoms with Crippen molar-refractivity contribution in [3.8, 4) is 6.07 Å². The van der Waals surface area contributed by atoms with Crippen molar-refractivity contribution >= 4 is 28.3 Å². The van der Waals surface area contributed by atoms with Gasteiger partial charge in [-0.1, -0.05) is 25.5 Å². The second-order valence-electron chi connectivity index (χ2n) is 4.56. The molecule has 0 radical (unpaired) electrons. The number of para-hydroxylation sites is 2. The third-order valence-electron chi connectivity index (χ3n) is 3.32. The van der Waals surface area contributed by atoms with Gasteiger partial charge in [0.15, 0.2) is 11.0 Å².